The first-order chi connectivity index (χ1) is 14.0. The van der Waals surface area contributed by atoms with Gasteiger partial charge in [-0.05, 0) is 24.1 Å². The van der Waals surface area contributed by atoms with Crippen LogP contribution in [0.4, 0.5) is 0 Å². The van der Waals surface area contributed by atoms with E-state index in [4.69, 9.17) is 11.6 Å². The van der Waals surface area contributed by atoms with Crippen molar-refractivity contribution in [1.82, 2.24) is 30.0 Å². The van der Waals surface area contributed by atoms with Crippen molar-refractivity contribution in [2.24, 2.45) is 0 Å². The Labute approximate surface area is 170 Å². The molecule has 29 heavy (non-hydrogen) atoms. The summed E-state index contributed by atoms with van der Waals surface area (Å²) in [6.45, 7) is 1.03. The molecule has 0 bridgehead atoms. The zero-order chi connectivity index (χ0) is 20.4. The Bertz CT molecular complexity index is 1140. The summed E-state index contributed by atoms with van der Waals surface area (Å²) in [4.78, 5) is 40.4. The van der Waals surface area contributed by atoms with Gasteiger partial charge in [-0.15, -0.1) is 0 Å². The monoisotopic (exact) mass is 414 g/mol. The Morgan fingerprint density at radius 2 is 2.21 bits per heavy atom. The van der Waals surface area contributed by atoms with E-state index >= 15 is 0 Å². The molecule has 2 N–H and O–H groups in total. The zero-order valence-electron chi connectivity index (χ0n) is 15.5. The van der Waals surface area contributed by atoms with Gasteiger partial charge in [0, 0.05) is 18.0 Å². The van der Waals surface area contributed by atoms with Gasteiger partial charge in [-0.2, -0.15) is 5.10 Å². The number of carbonyl (C=O) groups is 2. The number of nitrogens with one attached hydrogen (secondary N) is 2. The molecule has 1 aromatic carbocycles. The van der Waals surface area contributed by atoms with E-state index in [9.17, 15) is 14.4 Å². The van der Waals surface area contributed by atoms with Gasteiger partial charge in [0.2, 0.25) is 11.8 Å². The highest BCUT2D eigenvalue weighted by Gasteiger charge is 2.26. The number of benzene rings is 1. The van der Waals surface area contributed by atoms with Crippen LogP contribution >= 0.6 is 11.6 Å². The van der Waals surface area contributed by atoms with Crippen molar-refractivity contribution in [1.29, 1.82) is 0 Å². The number of amides is 2. The Hall–Kier alpha value is -3.20. The lowest BCUT2D eigenvalue weighted by Crippen LogP contribution is -2.42. The number of halogens is 1. The molecular formula is C19H19ClN6O3. The minimum Gasteiger partial charge on any atom is -0.352 e. The van der Waals surface area contributed by atoms with Gasteiger partial charge in [0.1, 0.15) is 17.8 Å². The van der Waals surface area contributed by atoms with Crippen molar-refractivity contribution in [2.45, 2.75) is 32.0 Å². The van der Waals surface area contributed by atoms with Gasteiger partial charge in [0.25, 0.3) is 5.56 Å². The summed E-state index contributed by atoms with van der Waals surface area (Å²) in [7, 11) is 0. The number of carbonyl (C=O) groups excluding carboxylic acids is 2. The van der Waals surface area contributed by atoms with Gasteiger partial charge in [-0.1, -0.05) is 23.7 Å². The van der Waals surface area contributed by atoms with E-state index in [0.29, 0.717) is 48.5 Å². The van der Waals surface area contributed by atoms with Crippen LogP contribution in [0.5, 0.6) is 0 Å². The summed E-state index contributed by atoms with van der Waals surface area (Å²) >= 11 is 6.00. The molecule has 3 heterocycles. The summed E-state index contributed by atoms with van der Waals surface area (Å²) in [6.07, 6.45) is 3.84. The van der Waals surface area contributed by atoms with Gasteiger partial charge in [-0.3, -0.25) is 19.0 Å². The highest BCUT2D eigenvalue weighted by Crippen LogP contribution is 2.12. The molecule has 1 saturated heterocycles. The Kier molecular flexibility index (Phi) is 5.30. The maximum absolute atomic E-state index is 12.7. The Morgan fingerprint density at radius 3 is 2.97 bits per heavy atom. The molecule has 0 spiro atoms. The van der Waals surface area contributed by atoms with E-state index in [1.54, 1.807) is 16.8 Å². The summed E-state index contributed by atoms with van der Waals surface area (Å²) in [5.74, 6) is -0.328. The number of hydrogen-bond acceptors (Lipinski definition) is 5. The molecule has 1 fully saturated rings. The molecule has 0 aliphatic carbocycles. The molecule has 9 nitrogen and oxygen atoms in total. The summed E-state index contributed by atoms with van der Waals surface area (Å²) < 4.78 is 3.08. The van der Waals surface area contributed by atoms with Crippen molar-refractivity contribution in [3.05, 3.63) is 57.7 Å². The van der Waals surface area contributed by atoms with Crippen molar-refractivity contribution in [3.8, 4) is 0 Å². The average Bonchev–Trinajstić information content (AvgIpc) is 3.31. The first-order valence-electron chi connectivity index (χ1n) is 9.24. The van der Waals surface area contributed by atoms with Gasteiger partial charge in [0.05, 0.1) is 19.3 Å². The third-order valence-corrected chi connectivity index (χ3v) is 5.03. The van der Waals surface area contributed by atoms with Crippen molar-refractivity contribution in [3.63, 3.8) is 0 Å². The predicted molar refractivity (Wildman–Crippen MR) is 107 cm³/mol. The SMILES string of the molecule is O=C1CCC(C(=O)NCCn2ncc3c(=O)n(Cc4cccc(Cl)c4)cnc32)N1. The normalized spacial score (nSPS) is 16.2. The maximum Gasteiger partial charge on any atom is 0.264 e. The van der Waals surface area contributed by atoms with Crippen LogP contribution in [-0.2, 0) is 22.7 Å². The quantitative estimate of drug-likeness (QED) is 0.616. The number of aromatic nitrogens is 4. The second kappa shape index (κ2) is 8.04. The largest absolute Gasteiger partial charge is 0.352 e. The van der Waals surface area contributed by atoms with E-state index < -0.39 is 6.04 Å². The molecule has 4 rings (SSSR count). The number of hydrogen-bond donors (Lipinski definition) is 2. The van der Waals surface area contributed by atoms with Crippen LogP contribution in [0.25, 0.3) is 11.0 Å². The number of fused-ring (bicyclic) bond motifs is 1. The molecular weight excluding hydrogens is 396 g/mol. The van der Waals surface area contributed by atoms with Gasteiger partial charge >= 0.3 is 0 Å². The Morgan fingerprint density at radius 1 is 1.34 bits per heavy atom. The maximum atomic E-state index is 12.7. The van der Waals surface area contributed by atoms with Crippen LogP contribution in [0.15, 0.2) is 41.6 Å². The second-order valence-corrected chi connectivity index (χ2v) is 7.30. The van der Waals surface area contributed by atoms with Crippen LogP contribution in [0, 0.1) is 0 Å². The van der Waals surface area contributed by atoms with Gasteiger partial charge in [0.15, 0.2) is 5.65 Å². The smallest absolute Gasteiger partial charge is 0.264 e. The molecule has 0 radical (unpaired) electrons. The molecule has 0 saturated carbocycles. The number of rotatable bonds is 6. The van der Waals surface area contributed by atoms with Crippen LogP contribution in [0.1, 0.15) is 18.4 Å². The highest BCUT2D eigenvalue weighted by atomic mass is 35.5. The standard InChI is InChI=1S/C19H19ClN6O3/c20-13-3-1-2-12(8-13)10-25-11-22-17-14(19(25)29)9-23-26(17)7-6-21-18(28)15-4-5-16(27)24-15/h1-3,8-9,11,15H,4-7,10H2,(H,21,28)(H,24,27). The van der Waals surface area contributed by atoms with Crippen molar-refractivity contribution >= 4 is 34.4 Å². The third kappa shape index (κ3) is 4.14. The highest BCUT2D eigenvalue weighted by molar-refractivity contribution is 6.30. The molecule has 2 aromatic heterocycles. The lowest BCUT2D eigenvalue weighted by molar-refractivity contribution is -0.125. The molecule has 1 atom stereocenters. The van der Waals surface area contributed by atoms with Gasteiger partial charge < -0.3 is 10.6 Å². The van der Waals surface area contributed by atoms with Crippen molar-refractivity contribution in [2.75, 3.05) is 6.54 Å². The molecule has 2 amide bonds. The lowest BCUT2D eigenvalue weighted by Gasteiger charge is -2.11. The van der Waals surface area contributed by atoms with E-state index in [1.165, 1.54) is 17.1 Å². The average molecular weight is 415 g/mol. The molecule has 1 aliphatic rings. The van der Waals surface area contributed by atoms with E-state index in [1.807, 2.05) is 12.1 Å². The molecule has 1 aliphatic heterocycles. The van der Waals surface area contributed by atoms with E-state index in [2.05, 4.69) is 20.7 Å². The van der Waals surface area contributed by atoms with Crippen LogP contribution < -0.4 is 16.2 Å². The first kappa shape index (κ1) is 19.1. The van der Waals surface area contributed by atoms with Gasteiger partial charge in [-0.25, -0.2) is 9.67 Å². The minimum atomic E-state index is -0.478. The summed E-state index contributed by atoms with van der Waals surface area (Å²) in [5, 5.41) is 10.6. The summed E-state index contributed by atoms with van der Waals surface area (Å²) in [5.41, 5.74) is 1.16. The summed E-state index contributed by atoms with van der Waals surface area (Å²) in [6, 6.07) is 6.82. The molecule has 1 unspecified atom stereocenters. The lowest BCUT2D eigenvalue weighted by atomic mass is 10.2. The first-order valence-corrected chi connectivity index (χ1v) is 9.61. The molecule has 150 valence electrons. The topological polar surface area (TPSA) is 111 Å². The number of nitrogens with zero attached hydrogens (tertiary/aromatic N) is 4. The van der Waals surface area contributed by atoms with Crippen molar-refractivity contribution < 1.29 is 9.59 Å². The fraction of sp³-hybridized carbons (Fsp3) is 0.316. The zero-order valence-corrected chi connectivity index (χ0v) is 16.2. The minimum absolute atomic E-state index is 0.110. The van der Waals surface area contributed by atoms with Crippen LogP contribution in [0.3, 0.4) is 0 Å². The van der Waals surface area contributed by atoms with Crippen LogP contribution in [-0.4, -0.2) is 43.7 Å². The van der Waals surface area contributed by atoms with E-state index in [-0.39, 0.29) is 17.4 Å². The Balaban J connectivity index is 1.44. The predicted octanol–water partition coefficient (Wildman–Crippen LogP) is 0.690. The van der Waals surface area contributed by atoms with Crippen LogP contribution in [0.2, 0.25) is 5.02 Å². The fourth-order valence-electron chi connectivity index (χ4n) is 3.32. The molecule has 10 heteroatoms. The van der Waals surface area contributed by atoms with E-state index in [0.717, 1.165) is 5.56 Å². The fourth-order valence-corrected chi connectivity index (χ4v) is 3.54. The molecule has 3 aromatic rings. The third-order valence-electron chi connectivity index (χ3n) is 4.80. The second-order valence-electron chi connectivity index (χ2n) is 6.86.